The van der Waals surface area contributed by atoms with Gasteiger partial charge >= 0.3 is 5.97 Å². The molecule has 5 rings (SSSR count). The molecule has 522 valence electrons. The van der Waals surface area contributed by atoms with Crippen molar-refractivity contribution in [1.29, 1.82) is 0 Å². The molecule has 0 aliphatic carbocycles. The van der Waals surface area contributed by atoms with Crippen molar-refractivity contribution in [3.8, 4) is 5.75 Å². The van der Waals surface area contributed by atoms with Crippen LogP contribution in [0.5, 0.6) is 5.75 Å². The van der Waals surface area contributed by atoms with Crippen LogP contribution in [0.1, 0.15) is 129 Å². The fraction of sp³-hybridized carbons (Fsp3) is 0.661. The molecule has 15 N–H and O–H groups in total. The molecule has 1 aromatic heterocycles. The van der Waals surface area contributed by atoms with Gasteiger partial charge in [-0.2, -0.15) is 11.8 Å². The number of unbranched alkanes of at least 4 members (excludes halogenated alkanes) is 4. The summed E-state index contributed by atoms with van der Waals surface area (Å²) in [7, 11) is -1.01. The number of amides is 10. The number of carboxylic acid groups (broad SMARTS) is 1. The van der Waals surface area contributed by atoms with Crippen molar-refractivity contribution < 1.29 is 91.7 Å². The van der Waals surface area contributed by atoms with E-state index in [-0.39, 0.29) is 53.5 Å². The van der Waals surface area contributed by atoms with Crippen LogP contribution < -0.4 is 53.0 Å². The highest BCUT2D eigenvalue weighted by atomic mass is 32.2. The number of Topliss-reactive ketones (excluding diaryl/α,β-unsaturated/α-hetero) is 2. The third-order valence-electron chi connectivity index (χ3n) is 17.2. The average molecular weight is 1360 g/mol. The van der Waals surface area contributed by atoms with Gasteiger partial charge in [-0.05, 0) is 55.7 Å². The molecule has 2 unspecified atom stereocenters. The number of ketones is 2. The number of rotatable bonds is 28. The van der Waals surface area contributed by atoms with Crippen LogP contribution in [-0.2, 0) is 85.3 Å². The van der Waals surface area contributed by atoms with Crippen LogP contribution in [0, 0.1) is 29.6 Å². The Morgan fingerprint density at radius 2 is 1.46 bits per heavy atom. The summed E-state index contributed by atoms with van der Waals surface area (Å²) in [5, 5.41) is 62.3. The van der Waals surface area contributed by atoms with Gasteiger partial charge in [-0.25, -0.2) is 0 Å². The lowest BCUT2D eigenvalue weighted by atomic mass is 9.85. The number of primary amides is 1. The minimum absolute atomic E-state index is 0.0992. The summed E-state index contributed by atoms with van der Waals surface area (Å²) < 4.78 is 21.2. The molecule has 0 saturated carbocycles. The van der Waals surface area contributed by atoms with Crippen LogP contribution in [0.2, 0.25) is 0 Å². The Kier molecular flexibility index (Phi) is 31.3. The number of ether oxygens (including phenoxy) is 1. The minimum Gasteiger partial charge on any atom is -0.496 e. The first-order chi connectivity index (χ1) is 44.7. The van der Waals surface area contributed by atoms with Crippen LogP contribution in [0.15, 0.2) is 17.2 Å². The number of methoxy groups -OCH3 is 1. The van der Waals surface area contributed by atoms with E-state index in [4.69, 9.17) is 15.6 Å². The molecule has 12 atom stereocenters. The number of carboxylic acids is 1. The average Bonchev–Trinajstić information content (AvgIpc) is 1.61. The SMILES string of the molecule is CC[C@H](C)[C@@H]1CC(=O)CNC(=O)[C@H]2CC(=O)[C@H]([C@@H](C)[C@@H](O)CO)NC(=O)[C@@H]3C[C@@H](O)CN3C(=O)[C@H](CC(N)=O)NC(=O)[C@H](CS(=O)c3[nH]c4c(CSCCNC(=O)CCCCCNC(=O)CCCCCNC(=O)CC(C)C(=O)O)c(OC)ccc4c3C2)NC(=O)CNC1=O. The number of carbonyl (C=O) groups is 13. The van der Waals surface area contributed by atoms with E-state index in [1.807, 2.05) is 0 Å². The number of thioether (sulfide) groups is 1. The van der Waals surface area contributed by atoms with Gasteiger partial charge < -0.3 is 83.3 Å². The third kappa shape index (κ3) is 23.1. The number of aromatic amines is 1. The number of aliphatic hydroxyl groups excluding tert-OH is 3. The lowest BCUT2D eigenvalue weighted by Gasteiger charge is -2.32. The number of aromatic nitrogens is 1. The van der Waals surface area contributed by atoms with Crippen molar-refractivity contribution in [1.82, 2.24) is 52.4 Å². The monoisotopic (exact) mass is 1360 g/mol. The summed E-state index contributed by atoms with van der Waals surface area (Å²) in [6.45, 7) is 4.58. The molecular weight excluding hydrogens is 1270 g/mol. The zero-order valence-corrected chi connectivity index (χ0v) is 55.6. The van der Waals surface area contributed by atoms with Crippen molar-refractivity contribution >= 4 is 110 Å². The highest BCUT2D eigenvalue weighted by Gasteiger charge is 2.45. The molecule has 1 aromatic carbocycles. The van der Waals surface area contributed by atoms with Gasteiger partial charge in [0.2, 0.25) is 59.1 Å². The lowest BCUT2D eigenvalue weighted by Crippen LogP contribution is -2.60. The molecule has 30 nitrogen and oxygen atoms in total. The van der Waals surface area contributed by atoms with E-state index in [1.165, 1.54) is 32.7 Å². The molecule has 4 heterocycles. The molecule has 3 aliphatic rings. The first-order valence-electron chi connectivity index (χ1n) is 31.9. The fourth-order valence-electron chi connectivity index (χ4n) is 11.4. The highest BCUT2D eigenvalue weighted by Crippen LogP contribution is 2.37. The number of nitrogens with zero attached hydrogens (tertiary/aromatic N) is 1. The molecule has 32 heteroatoms. The van der Waals surface area contributed by atoms with Gasteiger partial charge in [0.15, 0.2) is 11.6 Å². The Balaban J connectivity index is 1.43. The van der Waals surface area contributed by atoms with Crippen molar-refractivity contribution in [3.63, 3.8) is 0 Å². The Labute approximate surface area is 551 Å². The van der Waals surface area contributed by atoms with E-state index in [2.05, 4.69) is 47.5 Å². The molecule has 0 spiro atoms. The van der Waals surface area contributed by atoms with Crippen LogP contribution in [0.4, 0.5) is 0 Å². The number of H-pyrrole nitrogens is 1. The number of carbonyl (C=O) groups excluding carboxylic acids is 12. The van der Waals surface area contributed by atoms with E-state index >= 15 is 4.21 Å². The van der Waals surface area contributed by atoms with Crippen molar-refractivity contribution in [2.45, 2.75) is 171 Å². The Bertz CT molecular complexity index is 3090. The molecular formula is C62H93N11O19S2. The van der Waals surface area contributed by atoms with E-state index < -0.39 is 200 Å². The summed E-state index contributed by atoms with van der Waals surface area (Å²) >= 11 is 1.39. The Morgan fingerprint density at radius 1 is 0.809 bits per heavy atom. The summed E-state index contributed by atoms with van der Waals surface area (Å²) in [4.78, 5) is 180. The molecule has 1 saturated heterocycles. The number of benzene rings is 1. The molecule has 94 heavy (non-hydrogen) atoms. The summed E-state index contributed by atoms with van der Waals surface area (Å²) in [5.74, 6) is -15.0. The topological polar surface area (TPSA) is 470 Å². The summed E-state index contributed by atoms with van der Waals surface area (Å²) in [6, 6.07) is -3.77. The second-order valence-corrected chi connectivity index (χ2v) is 26.9. The lowest BCUT2D eigenvalue weighted by molar-refractivity contribution is -0.144. The van der Waals surface area contributed by atoms with Crippen molar-refractivity contribution in [2.75, 3.05) is 64.5 Å². The number of aliphatic hydroxyl groups is 3. The van der Waals surface area contributed by atoms with Gasteiger partial charge in [-0.3, -0.25) is 66.5 Å². The van der Waals surface area contributed by atoms with Crippen LogP contribution in [0.25, 0.3) is 10.9 Å². The smallest absolute Gasteiger partial charge is 0.306 e. The van der Waals surface area contributed by atoms with Gasteiger partial charge in [-0.1, -0.05) is 47.0 Å². The largest absolute Gasteiger partial charge is 0.496 e. The predicted molar refractivity (Wildman–Crippen MR) is 343 cm³/mol. The molecule has 3 aliphatic heterocycles. The van der Waals surface area contributed by atoms with Gasteiger partial charge in [-0.15, -0.1) is 0 Å². The first kappa shape index (κ1) is 77.2. The van der Waals surface area contributed by atoms with Gasteiger partial charge in [0.1, 0.15) is 28.9 Å². The molecule has 2 bridgehead atoms. The predicted octanol–water partition coefficient (Wildman–Crippen LogP) is -1.62. The molecule has 2 aromatic rings. The molecule has 1 fully saturated rings. The van der Waals surface area contributed by atoms with Crippen molar-refractivity contribution in [3.05, 3.63) is 23.3 Å². The van der Waals surface area contributed by atoms with E-state index in [0.29, 0.717) is 92.4 Å². The fourth-order valence-corrected chi connectivity index (χ4v) is 13.7. The maximum atomic E-state index is 15.4. The van der Waals surface area contributed by atoms with Crippen molar-refractivity contribution in [2.24, 2.45) is 35.3 Å². The van der Waals surface area contributed by atoms with Gasteiger partial charge in [0.25, 0.3) is 0 Å². The van der Waals surface area contributed by atoms with Crippen LogP contribution in [-0.4, -0.2) is 212 Å². The highest BCUT2D eigenvalue weighted by molar-refractivity contribution is 7.98. The maximum absolute atomic E-state index is 15.4. The van der Waals surface area contributed by atoms with E-state index in [0.717, 1.165) is 4.90 Å². The maximum Gasteiger partial charge on any atom is 0.306 e. The van der Waals surface area contributed by atoms with Gasteiger partial charge in [0, 0.05) is 105 Å². The molecule has 10 amide bonds. The quantitative estimate of drug-likeness (QED) is 0.0426. The van der Waals surface area contributed by atoms with Crippen LogP contribution in [0.3, 0.4) is 0 Å². The van der Waals surface area contributed by atoms with E-state index in [9.17, 15) is 77.6 Å². The second-order valence-electron chi connectivity index (χ2n) is 24.4. The number of nitrogens with one attached hydrogen (secondary N) is 9. The third-order valence-corrected chi connectivity index (χ3v) is 19.6. The Hall–Kier alpha value is -7.55. The minimum atomic E-state index is -2.43. The summed E-state index contributed by atoms with van der Waals surface area (Å²) in [5.41, 5.74) is 6.61. The standard InChI is InChI=1S/C62H93N11O19S2/c1-6-33(2)40-24-37(75)27-67-56(84)36-22-41-39-15-16-48(92-5)42(31-93-20-19-66-51(81)14-10-7-11-17-64-50(80)13-9-8-12-18-65-52(82)21-34(3)62(89)90)55(39)72-60(41)94(91)32-44(69-53(83)28-68-57(40)85)58(86)70-43(26-49(63)79)61(88)73-29-38(76)25-45(73)59(87)71-54(46(77)23-36)35(4)47(78)30-74/h15-16,33-36,38,40,43-45,47,54,72,74,76,78H,6-14,17-32H2,1-5H3,(H2,63,79)(H,64,80)(H,65,82)(H,66,81)(H,67,84)(H,68,85)(H,69,83)(H,70,86)(H,71,87)(H,89,90)/t33-,34?,35-,36+,38+,40-,43-,44-,45-,47-,54-,94?/m0/s1. The number of fused-ring (bicyclic) bond motifs is 5. The van der Waals surface area contributed by atoms with Gasteiger partial charge in [0.05, 0.1) is 79.5 Å². The van der Waals surface area contributed by atoms with E-state index in [1.54, 1.807) is 26.0 Å². The Morgan fingerprint density at radius 3 is 2.09 bits per heavy atom. The second kappa shape index (κ2) is 38.1. The zero-order valence-electron chi connectivity index (χ0n) is 53.9. The molecule has 0 radical (unpaired) electrons. The van der Waals surface area contributed by atoms with Crippen LogP contribution >= 0.6 is 11.8 Å². The number of hydrogen-bond acceptors (Lipinski definition) is 19. The normalized spacial score (nSPS) is 23.4. The number of aliphatic carboxylic acids is 1. The first-order valence-corrected chi connectivity index (χ1v) is 34.4. The number of hydrogen-bond donors (Lipinski definition) is 14. The summed E-state index contributed by atoms with van der Waals surface area (Å²) in [6.07, 6.45) is -1.15. The zero-order chi connectivity index (χ0) is 69.3. The number of nitrogens with two attached hydrogens (primary N) is 1.